The largest absolute Gasteiger partial charge is 0.425 e. The van der Waals surface area contributed by atoms with Crippen LogP contribution < -0.4 is 9.47 Å². The molecule has 0 atom stereocenters. The number of hydrogen-bond donors (Lipinski definition) is 0. The predicted molar refractivity (Wildman–Crippen MR) is 140 cm³/mol. The molecule has 0 N–H and O–H groups in total. The van der Waals surface area contributed by atoms with Crippen molar-refractivity contribution >= 4 is 47.0 Å². The number of ether oxygens (including phenoxy) is 2. The summed E-state index contributed by atoms with van der Waals surface area (Å²) in [5, 5.41) is 0. The molecule has 1 aliphatic heterocycles. The average Bonchev–Trinajstić information content (AvgIpc) is 3.26. The van der Waals surface area contributed by atoms with E-state index in [1.54, 1.807) is 12.1 Å². The molecule has 0 unspecified atom stereocenters. The van der Waals surface area contributed by atoms with E-state index in [1.807, 2.05) is 0 Å². The zero-order chi connectivity index (χ0) is 26.0. The van der Waals surface area contributed by atoms with Crippen LogP contribution in [0.15, 0.2) is 31.7 Å². The number of thioether (sulfide) groups is 2. The zero-order valence-corrected chi connectivity index (χ0v) is 23.0. The van der Waals surface area contributed by atoms with Gasteiger partial charge in [-0.25, -0.2) is 0 Å². The third-order valence-corrected chi connectivity index (χ3v) is 10.1. The van der Waals surface area contributed by atoms with Gasteiger partial charge in [-0.2, -0.15) is 0 Å². The summed E-state index contributed by atoms with van der Waals surface area (Å²) in [5.41, 5.74) is 0.110. The summed E-state index contributed by atoms with van der Waals surface area (Å²) in [5.74, 6) is 0.553. The molecule has 1 aromatic rings. The van der Waals surface area contributed by atoms with Crippen LogP contribution in [0.25, 0.3) is 0 Å². The van der Waals surface area contributed by atoms with E-state index in [0.717, 1.165) is 51.4 Å². The lowest BCUT2D eigenvalue weighted by Crippen LogP contribution is -2.25. The Morgan fingerprint density at radius 2 is 1.03 bits per heavy atom. The van der Waals surface area contributed by atoms with E-state index in [-0.39, 0.29) is 40.9 Å². The topological polar surface area (TPSA) is 86.7 Å². The molecule has 3 aliphatic rings. The maximum Gasteiger partial charge on any atom is 0.314 e. The summed E-state index contributed by atoms with van der Waals surface area (Å²) in [4.78, 5) is 51.6. The van der Waals surface area contributed by atoms with Gasteiger partial charge in [-0.15, -0.1) is 0 Å². The van der Waals surface area contributed by atoms with Gasteiger partial charge in [0.15, 0.2) is 11.6 Å². The molecule has 0 radical (unpaired) electrons. The minimum absolute atomic E-state index is 0.110. The fourth-order valence-corrected chi connectivity index (χ4v) is 7.97. The molecule has 0 amide bonds. The zero-order valence-electron chi connectivity index (χ0n) is 21.4. The van der Waals surface area contributed by atoms with Gasteiger partial charge in [0, 0.05) is 0 Å². The quantitative estimate of drug-likeness (QED) is 0.131. The van der Waals surface area contributed by atoms with Crippen LogP contribution in [0.2, 0.25) is 0 Å². The maximum absolute atomic E-state index is 13.0. The van der Waals surface area contributed by atoms with E-state index >= 15 is 0 Å². The van der Waals surface area contributed by atoms with Crippen LogP contribution in [-0.4, -0.2) is 23.5 Å². The highest BCUT2D eigenvalue weighted by Gasteiger charge is 2.34. The predicted octanol–water partition coefficient (Wildman–Crippen LogP) is 6.74. The van der Waals surface area contributed by atoms with Gasteiger partial charge >= 0.3 is 11.9 Å². The molecule has 1 heterocycles. The SMILES string of the molecule is CC(=O)C(C(C)=O)=C1Sc2c(OC(=O)C3CCC(C)CC3)ccc(OC(=O)C3CCC(C)CC3)c2S1. The van der Waals surface area contributed by atoms with Crippen LogP contribution >= 0.6 is 23.5 Å². The smallest absolute Gasteiger partial charge is 0.314 e. The summed E-state index contributed by atoms with van der Waals surface area (Å²) in [6.07, 6.45) is 7.26. The molecular formula is C28H34O6S2. The number of hydrogen-bond acceptors (Lipinski definition) is 8. The Kier molecular flexibility index (Phi) is 8.66. The highest BCUT2D eigenvalue weighted by Crippen LogP contribution is 2.59. The molecule has 0 aromatic heterocycles. The van der Waals surface area contributed by atoms with Gasteiger partial charge in [0.25, 0.3) is 0 Å². The lowest BCUT2D eigenvalue weighted by molar-refractivity contribution is -0.141. The molecule has 0 saturated heterocycles. The second kappa shape index (κ2) is 11.5. The molecule has 1 aromatic carbocycles. The normalized spacial score (nSPS) is 25.6. The van der Waals surface area contributed by atoms with Gasteiger partial charge in [-0.05, 0) is 89.2 Å². The molecule has 194 valence electrons. The molecule has 2 saturated carbocycles. The Morgan fingerprint density at radius 1 is 0.667 bits per heavy atom. The molecule has 0 bridgehead atoms. The third kappa shape index (κ3) is 6.08. The monoisotopic (exact) mass is 530 g/mol. The van der Waals surface area contributed by atoms with Gasteiger partial charge in [-0.1, -0.05) is 37.4 Å². The Balaban J connectivity index is 1.62. The van der Waals surface area contributed by atoms with Crippen LogP contribution in [0.5, 0.6) is 11.5 Å². The van der Waals surface area contributed by atoms with E-state index in [2.05, 4.69) is 13.8 Å². The van der Waals surface area contributed by atoms with Crippen molar-refractivity contribution in [3.63, 3.8) is 0 Å². The Morgan fingerprint density at radius 3 is 1.36 bits per heavy atom. The number of fused-ring (bicyclic) bond motifs is 1. The minimum Gasteiger partial charge on any atom is -0.425 e. The Bertz CT molecular complexity index is 1010. The minimum atomic E-state index is -0.324. The summed E-state index contributed by atoms with van der Waals surface area (Å²) in [6, 6.07) is 3.32. The number of rotatable bonds is 6. The molecule has 4 rings (SSSR count). The molecule has 2 aliphatic carbocycles. The van der Waals surface area contributed by atoms with Crippen LogP contribution in [0.4, 0.5) is 0 Å². The number of esters is 2. The molecule has 2 fully saturated rings. The number of allylic oxidation sites excluding steroid dienone is 1. The van der Waals surface area contributed by atoms with Crippen molar-refractivity contribution < 1.29 is 28.7 Å². The van der Waals surface area contributed by atoms with E-state index in [0.29, 0.717) is 37.4 Å². The van der Waals surface area contributed by atoms with Crippen LogP contribution in [0, 0.1) is 23.7 Å². The van der Waals surface area contributed by atoms with Crippen LogP contribution in [0.3, 0.4) is 0 Å². The van der Waals surface area contributed by atoms with Crippen molar-refractivity contribution in [3.05, 3.63) is 21.9 Å². The molecular weight excluding hydrogens is 496 g/mol. The summed E-state index contributed by atoms with van der Waals surface area (Å²) < 4.78 is 12.2. The van der Waals surface area contributed by atoms with Crippen molar-refractivity contribution in [1.29, 1.82) is 0 Å². The van der Waals surface area contributed by atoms with Crippen molar-refractivity contribution in [2.75, 3.05) is 0 Å². The number of ketones is 2. The second-order valence-electron chi connectivity index (χ2n) is 10.5. The van der Waals surface area contributed by atoms with Crippen molar-refractivity contribution in [2.45, 2.75) is 88.9 Å². The number of benzene rings is 1. The van der Waals surface area contributed by atoms with Crippen molar-refractivity contribution in [3.8, 4) is 11.5 Å². The number of Topliss-reactive ketones (excluding diaryl/α,β-unsaturated/α-hetero) is 2. The lowest BCUT2D eigenvalue weighted by atomic mass is 9.83. The molecule has 6 nitrogen and oxygen atoms in total. The van der Waals surface area contributed by atoms with Gasteiger partial charge in [0.05, 0.1) is 31.4 Å². The second-order valence-corrected chi connectivity index (χ2v) is 12.8. The van der Waals surface area contributed by atoms with Crippen LogP contribution in [0.1, 0.15) is 79.1 Å². The third-order valence-electron chi connectivity index (χ3n) is 7.46. The highest BCUT2D eigenvalue weighted by molar-refractivity contribution is 8.25. The average molecular weight is 531 g/mol. The first-order valence-corrected chi connectivity index (χ1v) is 14.5. The first-order valence-electron chi connectivity index (χ1n) is 12.9. The summed E-state index contributed by atoms with van der Waals surface area (Å²) in [7, 11) is 0. The first-order chi connectivity index (χ1) is 17.1. The van der Waals surface area contributed by atoms with E-state index in [9.17, 15) is 19.2 Å². The fraction of sp³-hybridized carbons (Fsp3) is 0.571. The standard InChI is InChI=1S/C28H34O6S2/c1-15-5-9-19(10-6-15)26(31)33-21-13-14-22(34-27(32)20-11-7-16(2)8-12-20)25-24(21)35-28(36-25)23(17(3)29)18(4)30/h13-16,19-20H,5-12H2,1-4H3. The number of carbonyl (C=O) groups is 4. The maximum atomic E-state index is 13.0. The van der Waals surface area contributed by atoms with E-state index in [1.165, 1.54) is 37.4 Å². The molecule has 0 spiro atoms. The lowest BCUT2D eigenvalue weighted by Gasteiger charge is -2.25. The van der Waals surface area contributed by atoms with Gasteiger partial charge < -0.3 is 9.47 Å². The van der Waals surface area contributed by atoms with Gasteiger partial charge in [0.2, 0.25) is 0 Å². The highest BCUT2D eigenvalue weighted by atomic mass is 32.2. The molecule has 36 heavy (non-hydrogen) atoms. The Labute approximate surface area is 221 Å². The molecule has 8 heteroatoms. The van der Waals surface area contributed by atoms with Gasteiger partial charge in [0.1, 0.15) is 11.5 Å². The van der Waals surface area contributed by atoms with Gasteiger partial charge in [-0.3, -0.25) is 19.2 Å². The number of carbonyl (C=O) groups excluding carboxylic acids is 4. The fourth-order valence-electron chi connectivity index (χ4n) is 5.10. The van der Waals surface area contributed by atoms with Crippen molar-refractivity contribution in [1.82, 2.24) is 0 Å². The summed E-state index contributed by atoms with van der Waals surface area (Å²) in [6.45, 7) is 7.13. The first kappa shape index (κ1) is 27.0. The Hall–Kier alpha value is -2.06. The van der Waals surface area contributed by atoms with E-state index < -0.39 is 0 Å². The summed E-state index contributed by atoms with van der Waals surface area (Å²) >= 11 is 2.45. The van der Waals surface area contributed by atoms with Crippen molar-refractivity contribution in [2.24, 2.45) is 23.7 Å². The van der Waals surface area contributed by atoms with Crippen LogP contribution in [-0.2, 0) is 19.2 Å². The van der Waals surface area contributed by atoms with E-state index in [4.69, 9.17) is 9.47 Å².